The van der Waals surface area contributed by atoms with E-state index in [4.69, 9.17) is 4.74 Å². The maximum Gasteiger partial charge on any atom is 0.306 e. The number of hydrogen-bond acceptors (Lipinski definition) is 4. The van der Waals surface area contributed by atoms with Crippen molar-refractivity contribution < 1.29 is 19.7 Å². The van der Waals surface area contributed by atoms with Gasteiger partial charge in [-0.05, 0) is 46.4 Å². The molecule has 0 amide bonds. The van der Waals surface area contributed by atoms with Gasteiger partial charge in [0.05, 0.1) is 0 Å². The highest BCUT2D eigenvalue weighted by Gasteiger charge is 2.27. The molecule has 31 heavy (non-hydrogen) atoms. The topological polar surface area (TPSA) is 66.8 Å². The summed E-state index contributed by atoms with van der Waals surface area (Å²) in [5.41, 5.74) is 3.02. The minimum absolute atomic E-state index is 0.150. The minimum Gasteiger partial charge on any atom is -0.508 e. The zero-order chi connectivity index (χ0) is 23.4. The Hall–Kier alpha value is -2.49. The van der Waals surface area contributed by atoms with Crippen molar-refractivity contribution in [2.45, 2.75) is 91.1 Å². The quantitative estimate of drug-likeness (QED) is 0.483. The molecule has 0 heterocycles. The average molecular weight is 427 g/mol. The summed E-state index contributed by atoms with van der Waals surface area (Å²) >= 11 is 0. The van der Waals surface area contributed by atoms with E-state index in [1.54, 1.807) is 18.2 Å². The molecule has 2 rings (SSSR count). The van der Waals surface area contributed by atoms with Crippen molar-refractivity contribution in [1.29, 1.82) is 0 Å². The summed E-state index contributed by atoms with van der Waals surface area (Å²) < 4.78 is 5.75. The van der Waals surface area contributed by atoms with Crippen molar-refractivity contribution in [3.05, 3.63) is 58.7 Å². The molecule has 0 aromatic heterocycles. The number of para-hydroxylation sites is 1. The maximum atomic E-state index is 12.7. The van der Waals surface area contributed by atoms with E-state index in [9.17, 15) is 15.0 Å². The first-order chi connectivity index (χ1) is 14.3. The summed E-state index contributed by atoms with van der Waals surface area (Å²) in [5.74, 6) is 0.204. The maximum absolute atomic E-state index is 12.7. The molecule has 170 valence electrons. The van der Waals surface area contributed by atoms with E-state index < -0.39 is 6.10 Å². The van der Waals surface area contributed by atoms with Crippen molar-refractivity contribution in [2.24, 2.45) is 0 Å². The highest BCUT2D eigenvalue weighted by molar-refractivity contribution is 5.70. The van der Waals surface area contributed by atoms with Crippen LogP contribution in [0.2, 0.25) is 0 Å². The SMILES string of the molecule is CCCC(OC(=O)CCc1cc(C(C)(C)C)c(O)c(C(C)(C)C)c1)c1ccccc1O. The number of rotatable bonds is 7. The first-order valence-electron chi connectivity index (χ1n) is 11.2. The predicted molar refractivity (Wildman–Crippen MR) is 126 cm³/mol. The van der Waals surface area contributed by atoms with Gasteiger partial charge in [-0.25, -0.2) is 0 Å². The van der Waals surface area contributed by atoms with Crippen molar-refractivity contribution in [3.8, 4) is 11.5 Å². The van der Waals surface area contributed by atoms with Gasteiger partial charge in [-0.15, -0.1) is 0 Å². The molecular formula is C27H38O4. The largest absolute Gasteiger partial charge is 0.508 e. The van der Waals surface area contributed by atoms with Crippen LogP contribution in [0.4, 0.5) is 0 Å². The smallest absolute Gasteiger partial charge is 0.306 e. The summed E-state index contributed by atoms with van der Waals surface area (Å²) in [4.78, 5) is 12.7. The Kier molecular flexibility index (Phi) is 7.80. The lowest BCUT2D eigenvalue weighted by atomic mass is 9.78. The molecule has 0 fully saturated rings. The van der Waals surface area contributed by atoms with Crippen molar-refractivity contribution in [3.63, 3.8) is 0 Å². The molecule has 4 nitrogen and oxygen atoms in total. The molecule has 0 aliphatic carbocycles. The first kappa shape index (κ1) is 24.8. The Morgan fingerprint density at radius 2 is 1.52 bits per heavy atom. The molecule has 2 N–H and O–H groups in total. The number of ether oxygens (including phenoxy) is 1. The molecule has 4 heteroatoms. The Balaban J connectivity index is 2.21. The van der Waals surface area contributed by atoms with E-state index >= 15 is 0 Å². The lowest BCUT2D eigenvalue weighted by Crippen LogP contribution is -2.18. The number of phenolic OH excluding ortho intramolecular Hbond substituents is 2. The molecule has 0 saturated heterocycles. The number of aromatic hydroxyl groups is 2. The highest BCUT2D eigenvalue weighted by atomic mass is 16.5. The van der Waals surface area contributed by atoms with Gasteiger partial charge in [0.2, 0.25) is 0 Å². The molecule has 1 atom stereocenters. The summed E-state index contributed by atoms with van der Waals surface area (Å²) in [6, 6.07) is 11.0. The first-order valence-corrected chi connectivity index (χ1v) is 11.2. The minimum atomic E-state index is -0.450. The third kappa shape index (κ3) is 6.49. The Morgan fingerprint density at radius 3 is 2.00 bits per heavy atom. The fourth-order valence-corrected chi connectivity index (χ4v) is 3.75. The lowest BCUT2D eigenvalue weighted by Gasteiger charge is -2.28. The van der Waals surface area contributed by atoms with Crippen LogP contribution in [0.1, 0.15) is 96.1 Å². The van der Waals surface area contributed by atoms with Crippen LogP contribution in [0.3, 0.4) is 0 Å². The van der Waals surface area contributed by atoms with Gasteiger partial charge >= 0.3 is 5.97 Å². The van der Waals surface area contributed by atoms with Gasteiger partial charge in [-0.3, -0.25) is 4.79 Å². The Labute approximate surface area is 187 Å². The Morgan fingerprint density at radius 1 is 0.968 bits per heavy atom. The summed E-state index contributed by atoms with van der Waals surface area (Å²) in [6.07, 6.45) is 1.82. The molecule has 0 bridgehead atoms. The molecule has 2 aromatic rings. The molecule has 0 saturated carbocycles. The fourth-order valence-electron chi connectivity index (χ4n) is 3.75. The van der Waals surface area contributed by atoms with Crippen LogP contribution in [0.15, 0.2) is 36.4 Å². The second-order valence-corrected chi connectivity index (χ2v) is 10.4. The van der Waals surface area contributed by atoms with E-state index in [-0.39, 0.29) is 29.0 Å². The monoisotopic (exact) mass is 426 g/mol. The van der Waals surface area contributed by atoms with Gasteiger partial charge in [0, 0.05) is 12.0 Å². The van der Waals surface area contributed by atoms with Crippen LogP contribution in [0, 0.1) is 0 Å². The molecule has 0 aliphatic heterocycles. The van der Waals surface area contributed by atoms with E-state index in [1.165, 1.54) is 0 Å². The van der Waals surface area contributed by atoms with Gasteiger partial charge in [0.15, 0.2) is 0 Å². The number of aryl methyl sites for hydroxylation is 1. The van der Waals surface area contributed by atoms with Crippen molar-refractivity contribution in [2.75, 3.05) is 0 Å². The molecule has 1 unspecified atom stereocenters. The van der Waals surface area contributed by atoms with E-state index in [2.05, 4.69) is 41.5 Å². The van der Waals surface area contributed by atoms with Gasteiger partial charge in [-0.2, -0.15) is 0 Å². The van der Waals surface area contributed by atoms with Gasteiger partial charge < -0.3 is 14.9 Å². The number of esters is 1. The van der Waals surface area contributed by atoms with E-state index in [0.717, 1.165) is 23.1 Å². The van der Waals surface area contributed by atoms with E-state index in [0.29, 0.717) is 24.2 Å². The number of benzene rings is 2. The summed E-state index contributed by atoms with van der Waals surface area (Å²) in [6.45, 7) is 14.5. The second kappa shape index (κ2) is 9.76. The zero-order valence-corrected chi connectivity index (χ0v) is 20.1. The number of phenols is 2. The number of carbonyl (C=O) groups excluding carboxylic acids is 1. The van der Waals surface area contributed by atoms with Crippen LogP contribution >= 0.6 is 0 Å². The number of carbonyl (C=O) groups is 1. The fraction of sp³-hybridized carbons (Fsp3) is 0.519. The lowest BCUT2D eigenvalue weighted by molar-refractivity contribution is -0.149. The third-order valence-electron chi connectivity index (χ3n) is 5.51. The average Bonchev–Trinajstić information content (AvgIpc) is 2.65. The van der Waals surface area contributed by atoms with E-state index in [1.807, 2.05) is 25.1 Å². The number of hydrogen-bond donors (Lipinski definition) is 2. The zero-order valence-electron chi connectivity index (χ0n) is 20.1. The summed E-state index contributed by atoms with van der Waals surface area (Å²) in [5, 5.41) is 21.0. The molecule has 0 radical (unpaired) electrons. The third-order valence-corrected chi connectivity index (χ3v) is 5.51. The van der Waals surface area contributed by atoms with Crippen LogP contribution in [0.25, 0.3) is 0 Å². The summed E-state index contributed by atoms with van der Waals surface area (Å²) in [7, 11) is 0. The Bertz CT molecular complexity index is 865. The molecular weight excluding hydrogens is 388 g/mol. The van der Waals surface area contributed by atoms with Gasteiger partial charge in [-0.1, -0.05) is 85.2 Å². The van der Waals surface area contributed by atoms with Crippen LogP contribution in [-0.4, -0.2) is 16.2 Å². The second-order valence-electron chi connectivity index (χ2n) is 10.4. The van der Waals surface area contributed by atoms with Crippen LogP contribution < -0.4 is 0 Å². The van der Waals surface area contributed by atoms with Gasteiger partial charge in [0.25, 0.3) is 0 Å². The van der Waals surface area contributed by atoms with Crippen LogP contribution in [0.5, 0.6) is 11.5 Å². The van der Waals surface area contributed by atoms with Crippen molar-refractivity contribution in [1.82, 2.24) is 0 Å². The van der Waals surface area contributed by atoms with Crippen molar-refractivity contribution >= 4 is 5.97 Å². The molecule has 0 spiro atoms. The van der Waals surface area contributed by atoms with Gasteiger partial charge in [0.1, 0.15) is 17.6 Å². The standard InChI is InChI=1S/C27H38O4/c1-8-11-23(19-12-9-10-13-22(19)28)31-24(29)15-14-18-16-20(26(2,3)4)25(30)21(17-18)27(5,6)7/h9-10,12-13,16-17,23,28,30H,8,11,14-15H2,1-7H3. The highest BCUT2D eigenvalue weighted by Crippen LogP contribution is 2.40. The molecule has 2 aromatic carbocycles. The molecule has 0 aliphatic rings. The predicted octanol–water partition coefficient (Wildman–Crippen LogP) is 6.71. The normalized spacial score (nSPS) is 13.1. The van der Waals surface area contributed by atoms with Crippen LogP contribution in [-0.2, 0) is 26.8 Å².